The van der Waals surface area contributed by atoms with Crippen molar-refractivity contribution >= 4 is 0 Å². The van der Waals surface area contributed by atoms with Crippen molar-refractivity contribution in [2.75, 3.05) is 0 Å². The molecule has 20 heavy (non-hydrogen) atoms. The number of aromatic hydroxyl groups is 1. The van der Waals surface area contributed by atoms with Crippen LogP contribution in [0.1, 0.15) is 5.82 Å². The lowest BCUT2D eigenvalue weighted by atomic mass is 10.2. The van der Waals surface area contributed by atoms with E-state index in [1.54, 1.807) is 19.2 Å². The van der Waals surface area contributed by atoms with Crippen LogP contribution in [0.5, 0.6) is 5.75 Å². The Bertz CT molecular complexity index is 773. The van der Waals surface area contributed by atoms with Crippen molar-refractivity contribution in [2.45, 2.75) is 6.92 Å². The van der Waals surface area contributed by atoms with Crippen molar-refractivity contribution in [2.24, 2.45) is 0 Å². The van der Waals surface area contributed by atoms with Crippen LogP contribution in [0.2, 0.25) is 0 Å². The van der Waals surface area contributed by atoms with Crippen LogP contribution in [0.3, 0.4) is 0 Å². The standard InChI is InChI=1S/C13H9FN4O2/c1-7-15-5-4-10(16-7)12-17-13(20-18-12)9-6-8(14)2-3-11(9)19/h2-6,19H,1H3. The predicted octanol–water partition coefficient (Wildman–Crippen LogP) is 2.35. The second-order valence-electron chi connectivity index (χ2n) is 4.07. The first-order valence-corrected chi connectivity index (χ1v) is 5.76. The number of nitrogens with zero attached hydrogens (tertiary/aromatic N) is 4. The second kappa shape index (κ2) is 4.69. The van der Waals surface area contributed by atoms with E-state index in [-0.39, 0.29) is 23.0 Å². The molecule has 2 aromatic heterocycles. The number of halogens is 1. The summed E-state index contributed by atoms with van der Waals surface area (Å²) in [6.45, 7) is 1.74. The molecule has 0 saturated heterocycles. The fraction of sp³-hybridized carbons (Fsp3) is 0.0769. The Morgan fingerprint density at radius 1 is 1.20 bits per heavy atom. The zero-order valence-corrected chi connectivity index (χ0v) is 10.4. The van der Waals surface area contributed by atoms with Crippen LogP contribution in [0.15, 0.2) is 35.0 Å². The molecule has 0 radical (unpaired) electrons. The Morgan fingerprint density at radius 2 is 2.05 bits per heavy atom. The molecular weight excluding hydrogens is 263 g/mol. The molecule has 2 heterocycles. The van der Waals surface area contributed by atoms with Crippen LogP contribution in [-0.2, 0) is 0 Å². The van der Waals surface area contributed by atoms with E-state index in [9.17, 15) is 9.50 Å². The Hall–Kier alpha value is -2.83. The summed E-state index contributed by atoms with van der Waals surface area (Å²) < 4.78 is 18.2. The summed E-state index contributed by atoms with van der Waals surface area (Å²) in [7, 11) is 0. The number of phenolic OH excluding ortho intramolecular Hbond substituents is 1. The number of phenols is 1. The summed E-state index contributed by atoms with van der Waals surface area (Å²) in [4.78, 5) is 12.2. The summed E-state index contributed by atoms with van der Waals surface area (Å²) in [6, 6.07) is 5.12. The van der Waals surface area contributed by atoms with Crippen LogP contribution >= 0.6 is 0 Å². The summed E-state index contributed by atoms with van der Waals surface area (Å²) >= 11 is 0. The highest BCUT2D eigenvalue weighted by atomic mass is 19.1. The van der Waals surface area contributed by atoms with E-state index in [1.165, 1.54) is 6.07 Å². The van der Waals surface area contributed by atoms with Crippen molar-refractivity contribution in [3.05, 3.63) is 42.1 Å². The van der Waals surface area contributed by atoms with Crippen molar-refractivity contribution < 1.29 is 14.0 Å². The molecule has 0 amide bonds. The van der Waals surface area contributed by atoms with Gasteiger partial charge in [0.05, 0.1) is 5.56 Å². The lowest BCUT2D eigenvalue weighted by Gasteiger charge is -1.98. The Balaban J connectivity index is 2.04. The minimum absolute atomic E-state index is 0.0215. The minimum atomic E-state index is -0.504. The Morgan fingerprint density at radius 3 is 2.85 bits per heavy atom. The summed E-state index contributed by atoms with van der Waals surface area (Å²) in [6.07, 6.45) is 1.58. The van der Waals surface area contributed by atoms with Crippen molar-refractivity contribution in [1.29, 1.82) is 0 Å². The Kier molecular flexibility index (Phi) is 2.86. The van der Waals surface area contributed by atoms with Gasteiger partial charge < -0.3 is 9.63 Å². The average Bonchev–Trinajstić information content (AvgIpc) is 2.91. The van der Waals surface area contributed by atoms with Crippen LogP contribution < -0.4 is 0 Å². The fourth-order valence-electron chi connectivity index (χ4n) is 1.70. The molecule has 0 spiro atoms. The van der Waals surface area contributed by atoms with Gasteiger partial charge >= 0.3 is 0 Å². The SMILES string of the molecule is Cc1nccc(-c2noc(-c3cc(F)ccc3O)n2)n1. The molecule has 0 aliphatic heterocycles. The number of aryl methyl sites for hydroxylation is 1. The van der Waals surface area contributed by atoms with Gasteiger partial charge in [0.15, 0.2) is 0 Å². The normalized spacial score (nSPS) is 10.7. The zero-order chi connectivity index (χ0) is 14.1. The van der Waals surface area contributed by atoms with E-state index in [2.05, 4.69) is 20.1 Å². The Labute approximate surface area is 112 Å². The van der Waals surface area contributed by atoms with Gasteiger partial charge in [0, 0.05) is 6.20 Å². The van der Waals surface area contributed by atoms with E-state index < -0.39 is 5.82 Å². The maximum Gasteiger partial charge on any atom is 0.262 e. The third-order valence-electron chi connectivity index (χ3n) is 2.62. The smallest absolute Gasteiger partial charge is 0.262 e. The molecule has 3 rings (SSSR count). The lowest BCUT2D eigenvalue weighted by Crippen LogP contribution is -1.91. The van der Waals surface area contributed by atoms with Gasteiger partial charge in [-0.2, -0.15) is 4.98 Å². The molecule has 1 aromatic carbocycles. The van der Waals surface area contributed by atoms with E-state index >= 15 is 0 Å². The molecule has 0 unspecified atom stereocenters. The third-order valence-corrected chi connectivity index (χ3v) is 2.62. The molecule has 0 atom stereocenters. The van der Waals surface area contributed by atoms with Gasteiger partial charge in [-0.3, -0.25) is 0 Å². The highest BCUT2D eigenvalue weighted by Gasteiger charge is 2.15. The maximum absolute atomic E-state index is 13.2. The molecule has 0 saturated carbocycles. The number of aromatic nitrogens is 4. The van der Waals surface area contributed by atoms with E-state index in [4.69, 9.17) is 4.52 Å². The highest BCUT2D eigenvalue weighted by molar-refractivity contribution is 5.63. The van der Waals surface area contributed by atoms with Crippen LogP contribution in [0.25, 0.3) is 23.0 Å². The molecule has 7 heteroatoms. The van der Waals surface area contributed by atoms with E-state index in [1.807, 2.05) is 0 Å². The molecule has 6 nitrogen and oxygen atoms in total. The summed E-state index contributed by atoms with van der Waals surface area (Å²) in [5.74, 6) is 0.195. The number of hydrogen-bond donors (Lipinski definition) is 1. The molecule has 0 aliphatic rings. The van der Waals surface area contributed by atoms with Gasteiger partial charge in [0.1, 0.15) is 23.1 Å². The van der Waals surface area contributed by atoms with Gasteiger partial charge in [0.2, 0.25) is 5.82 Å². The van der Waals surface area contributed by atoms with Crippen molar-refractivity contribution in [3.63, 3.8) is 0 Å². The van der Waals surface area contributed by atoms with E-state index in [0.29, 0.717) is 11.5 Å². The highest BCUT2D eigenvalue weighted by Crippen LogP contribution is 2.29. The first-order chi connectivity index (χ1) is 9.63. The van der Waals surface area contributed by atoms with Crippen molar-refractivity contribution in [3.8, 4) is 28.7 Å². The molecule has 1 N–H and O–H groups in total. The molecule has 0 aliphatic carbocycles. The lowest BCUT2D eigenvalue weighted by molar-refractivity contribution is 0.424. The first-order valence-electron chi connectivity index (χ1n) is 5.76. The molecule has 3 aromatic rings. The number of benzene rings is 1. The maximum atomic E-state index is 13.2. The summed E-state index contributed by atoms with van der Waals surface area (Å²) in [5, 5.41) is 13.5. The van der Waals surface area contributed by atoms with Gasteiger partial charge in [0.25, 0.3) is 5.89 Å². The minimum Gasteiger partial charge on any atom is -0.507 e. The predicted molar refractivity (Wildman–Crippen MR) is 67.1 cm³/mol. The number of rotatable bonds is 2. The van der Waals surface area contributed by atoms with Crippen LogP contribution in [0, 0.1) is 12.7 Å². The number of hydrogen-bond acceptors (Lipinski definition) is 6. The molecule has 0 bridgehead atoms. The largest absolute Gasteiger partial charge is 0.507 e. The fourth-order valence-corrected chi connectivity index (χ4v) is 1.70. The second-order valence-corrected chi connectivity index (χ2v) is 4.07. The molecule has 0 fully saturated rings. The van der Waals surface area contributed by atoms with Gasteiger partial charge in [-0.25, -0.2) is 14.4 Å². The quantitative estimate of drug-likeness (QED) is 0.770. The third kappa shape index (κ3) is 2.20. The van der Waals surface area contributed by atoms with E-state index in [0.717, 1.165) is 12.1 Å². The monoisotopic (exact) mass is 272 g/mol. The van der Waals surface area contributed by atoms with Gasteiger partial charge in [-0.15, -0.1) is 0 Å². The topological polar surface area (TPSA) is 84.9 Å². The van der Waals surface area contributed by atoms with Gasteiger partial charge in [-0.1, -0.05) is 5.16 Å². The van der Waals surface area contributed by atoms with Crippen LogP contribution in [0.4, 0.5) is 4.39 Å². The first kappa shape index (κ1) is 12.2. The van der Waals surface area contributed by atoms with Crippen molar-refractivity contribution in [1.82, 2.24) is 20.1 Å². The molecule has 100 valence electrons. The van der Waals surface area contributed by atoms with Gasteiger partial charge in [-0.05, 0) is 31.2 Å². The zero-order valence-electron chi connectivity index (χ0n) is 10.4. The summed E-state index contributed by atoms with van der Waals surface area (Å²) in [5.41, 5.74) is 0.623. The average molecular weight is 272 g/mol. The van der Waals surface area contributed by atoms with Crippen LogP contribution in [-0.4, -0.2) is 25.2 Å². The molecular formula is C13H9FN4O2.